The van der Waals surface area contributed by atoms with E-state index >= 15 is 0 Å². The third-order valence-corrected chi connectivity index (χ3v) is 4.17. The lowest BCUT2D eigenvalue weighted by atomic mass is 10.2. The zero-order chi connectivity index (χ0) is 18.2. The average Bonchev–Trinajstić information content (AvgIpc) is 2.61. The van der Waals surface area contributed by atoms with Crippen LogP contribution in [0.3, 0.4) is 0 Å². The Morgan fingerprint density at radius 2 is 1.80 bits per heavy atom. The van der Waals surface area contributed by atoms with Gasteiger partial charge in [0.25, 0.3) is 5.91 Å². The van der Waals surface area contributed by atoms with E-state index in [1.54, 1.807) is 17.0 Å². The Hall–Kier alpha value is -2.40. The smallest absolute Gasteiger partial charge is 0.254 e. The molecule has 4 nitrogen and oxygen atoms in total. The van der Waals surface area contributed by atoms with Crippen molar-refractivity contribution in [2.75, 3.05) is 13.1 Å². The number of amides is 2. The molecule has 0 spiro atoms. The molecule has 0 saturated carbocycles. The minimum absolute atomic E-state index is 0.0293. The first-order chi connectivity index (χ1) is 12.0. The van der Waals surface area contributed by atoms with E-state index in [2.05, 4.69) is 5.32 Å². The Balaban J connectivity index is 1.87. The van der Waals surface area contributed by atoms with Gasteiger partial charge in [-0.2, -0.15) is 0 Å². The second-order valence-corrected chi connectivity index (χ2v) is 5.89. The molecule has 0 aliphatic heterocycles. The van der Waals surface area contributed by atoms with Gasteiger partial charge in [-0.25, -0.2) is 4.39 Å². The maximum Gasteiger partial charge on any atom is 0.254 e. The highest BCUT2D eigenvalue weighted by atomic mass is 35.5. The maximum atomic E-state index is 13.5. The van der Waals surface area contributed by atoms with E-state index in [0.717, 1.165) is 5.56 Å². The first kappa shape index (κ1) is 18.9. The minimum atomic E-state index is -0.583. The van der Waals surface area contributed by atoms with Gasteiger partial charge >= 0.3 is 0 Å². The average molecular weight is 363 g/mol. The fourth-order valence-corrected chi connectivity index (χ4v) is 2.59. The molecular weight excluding hydrogens is 343 g/mol. The van der Waals surface area contributed by atoms with Gasteiger partial charge in [0, 0.05) is 31.1 Å². The second kappa shape index (κ2) is 9.18. The molecule has 0 heterocycles. The first-order valence-electron chi connectivity index (χ1n) is 8.06. The number of halogens is 2. The molecule has 2 rings (SSSR count). The van der Waals surface area contributed by atoms with Gasteiger partial charge in [-0.1, -0.05) is 41.9 Å². The Morgan fingerprint density at radius 3 is 2.48 bits per heavy atom. The largest absolute Gasteiger partial charge is 0.351 e. The predicted octanol–water partition coefficient (Wildman–Crippen LogP) is 3.65. The Morgan fingerprint density at radius 1 is 1.12 bits per heavy atom. The van der Waals surface area contributed by atoms with Gasteiger partial charge in [0.15, 0.2) is 0 Å². The molecule has 0 radical (unpaired) electrons. The Labute approximate surface area is 151 Å². The van der Waals surface area contributed by atoms with E-state index in [0.29, 0.717) is 18.1 Å². The van der Waals surface area contributed by atoms with Crippen LogP contribution in [0.2, 0.25) is 5.02 Å². The van der Waals surface area contributed by atoms with Gasteiger partial charge in [-0.3, -0.25) is 9.59 Å². The summed E-state index contributed by atoms with van der Waals surface area (Å²) in [5.74, 6) is -1.21. The molecule has 0 aliphatic carbocycles. The molecule has 6 heteroatoms. The van der Waals surface area contributed by atoms with Gasteiger partial charge in [0.2, 0.25) is 5.91 Å². The van der Waals surface area contributed by atoms with Gasteiger partial charge in [-0.05, 0) is 30.7 Å². The van der Waals surface area contributed by atoms with E-state index in [4.69, 9.17) is 11.6 Å². The van der Waals surface area contributed by atoms with Crippen LogP contribution in [0.25, 0.3) is 0 Å². The molecule has 25 heavy (non-hydrogen) atoms. The predicted molar refractivity (Wildman–Crippen MR) is 95.9 cm³/mol. The van der Waals surface area contributed by atoms with E-state index in [9.17, 15) is 14.0 Å². The fraction of sp³-hybridized carbons (Fsp3) is 0.263. The van der Waals surface area contributed by atoms with Crippen molar-refractivity contribution < 1.29 is 14.0 Å². The van der Waals surface area contributed by atoms with Crippen LogP contribution in [-0.4, -0.2) is 29.8 Å². The first-order valence-corrected chi connectivity index (χ1v) is 8.44. The number of rotatable bonds is 7. The normalized spacial score (nSPS) is 10.4. The number of carbonyl (C=O) groups is 2. The number of benzene rings is 2. The highest BCUT2D eigenvalue weighted by Crippen LogP contribution is 2.17. The van der Waals surface area contributed by atoms with Crippen LogP contribution < -0.4 is 5.32 Å². The van der Waals surface area contributed by atoms with Crippen LogP contribution in [0.5, 0.6) is 0 Å². The lowest BCUT2D eigenvalue weighted by Crippen LogP contribution is -2.34. The molecule has 2 aromatic carbocycles. The highest BCUT2D eigenvalue weighted by molar-refractivity contribution is 6.31. The molecular formula is C19H20ClFN2O2. The zero-order valence-corrected chi connectivity index (χ0v) is 14.7. The third kappa shape index (κ3) is 5.29. The molecule has 0 unspecified atom stereocenters. The van der Waals surface area contributed by atoms with Crippen LogP contribution in [-0.2, 0) is 11.3 Å². The van der Waals surface area contributed by atoms with E-state index in [1.165, 1.54) is 18.2 Å². The summed E-state index contributed by atoms with van der Waals surface area (Å²) in [6.07, 6.45) is 0.137. The number of hydrogen-bond acceptors (Lipinski definition) is 2. The van der Waals surface area contributed by atoms with Gasteiger partial charge in [0.1, 0.15) is 5.82 Å². The number of nitrogens with zero attached hydrogens (tertiary/aromatic N) is 1. The number of hydrogen-bond donors (Lipinski definition) is 1. The van der Waals surface area contributed by atoms with E-state index in [1.807, 2.05) is 25.1 Å². The monoisotopic (exact) mass is 362 g/mol. The van der Waals surface area contributed by atoms with Crippen molar-refractivity contribution in [3.05, 3.63) is 70.5 Å². The summed E-state index contributed by atoms with van der Waals surface area (Å²) in [5.41, 5.74) is 0.841. The summed E-state index contributed by atoms with van der Waals surface area (Å²) >= 11 is 6.13. The summed E-state index contributed by atoms with van der Waals surface area (Å²) < 4.78 is 13.5. The van der Waals surface area contributed by atoms with Crippen molar-refractivity contribution in [2.24, 2.45) is 0 Å². The van der Waals surface area contributed by atoms with E-state index in [-0.39, 0.29) is 24.4 Å². The van der Waals surface area contributed by atoms with Gasteiger partial charge in [0.05, 0.1) is 5.56 Å². The SMILES string of the molecule is CCN(Cc1ccccc1Cl)C(=O)CCNC(=O)c1ccccc1F. The lowest BCUT2D eigenvalue weighted by molar-refractivity contribution is -0.131. The van der Waals surface area contributed by atoms with Gasteiger partial charge < -0.3 is 10.2 Å². The molecule has 2 aromatic rings. The molecule has 132 valence electrons. The van der Waals surface area contributed by atoms with Crippen molar-refractivity contribution in [3.63, 3.8) is 0 Å². The van der Waals surface area contributed by atoms with Crippen LogP contribution >= 0.6 is 11.6 Å². The zero-order valence-electron chi connectivity index (χ0n) is 14.0. The maximum absolute atomic E-state index is 13.5. The number of carbonyl (C=O) groups excluding carboxylic acids is 2. The van der Waals surface area contributed by atoms with Crippen molar-refractivity contribution in [2.45, 2.75) is 19.9 Å². The molecule has 1 N–H and O–H groups in total. The second-order valence-electron chi connectivity index (χ2n) is 5.49. The van der Waals surface area contributed by atoms with E-state index < -0.39 is 11.7 Å². The lowest BCUT2D eigenvalue weighted by Gasteiger charge is -2.21. The molecule has 2 amide bonds. The summed E-state index contributed by atoms with van der Waals surface area (Å²) in [6.45, 7) is 2.97. The number of nitrogens with one attached hydrogen (secondary N) is 1. The van der Waals surface area contributed by atoms with Crippen LogP contribution in [0.4, 0.5) is 4.39 Å². The van der Waals surface area contributed by atoms with Gasteiger partial charge in [-0.15, -0.1) is 0 Å². The molecule has 0 aliphatic rings. The quantitative estimate of drug-likeness (QED) is 0.817. The highest BCUT2D eigenvalue weighted by Gasteiger charge is 2.15. The van der Waals surface area contributed by atoms with Crippen LogP contribution in [0, 0.1) is 5.82 Å². The minimum Gasteiger partial charge on any atom is -0.351 e. The summed E-state index contributed by atoms with van der Waals surface area (Å²) in [6, 6.07) is 13.1. The van der Waals surface area contributed by atoms with Crippen LogP contribution in [0.15, 0.2) is 48.5 Å². The molecule has 0 fully saturated rings. The summed E-state index contributed by atoms with van der Waals surface area (Å²) in [7, 11) is 0. The topological polar surface area (TPSA) is 49.4 Å². The fourth-order valence-electron chi connectivity index (χ4n) is 2.39. The van der Waals surface area contributed by atoms with Crippen molar-refractivity contribution in [1.82, 2.24) is 10.2 Å². The van der Waals surface area contributed by atoms with Crippen LogP contribution in [0.1, 0.15) is 29.3 Å². The molecule has 0 atom stereocenters. The standard InChI is InChI=1S/C19H20ClFN2O2/c1-2-23(13-14-7-3-5-9-16(14)20)18(24)11-12-22-19(25)15-8-4-6-10-17(15)21/h3-10H,2,11-13H2,1H3,(H,22,25). The molecule has 0 bridgehead atoms. The molecule has 0 saturated heterocycles. The Bertz CT molecular complexity index is 752. The molecule has 0 aromatic heterocycles. The Kier molecular flexibility index (Phi) is 6.95. The van der Waals surface area contributed by atoms with Crippen molar-refractivity contribution >= 4 is 23.4 Å². The van der Waals surface area contributed by atoms with Crippen molar-refractivity contribution in [3.8, 4) is 0 Å². The third-order valence-electron chi connectivity index (χ3n) is 3.80. The van der Waals surface area contributed by atoms with Crippen molar-refractivity contribution in [1.29, 1.82) is 0 Å². The summed E-state index contributed by atoms with van der Waals surface area (Å²) in [4.78, 5) is 25.9. The summed E-state index contributed by atoms with van der Waals surface area (Å²) in [5, 5.41) is 3.18.